The van der Waals surface area contributed by atoms with Gasteiger partial charge in [0.05, 0.1) is 30.0 Å². The second kappa shape index (κ2) is 11.2. The molecule has 40 heavy (non-hydrogen) atoms. The Balaban J connectivity index is 1.36. The van der Waals surface area contributed by atoms with Crippen LogP contribution in [0.2, 0.25) is 0 Å². The number of aromatic nitrogens is 5. The van der Waals surface area contributed by atoms with Gasteiger partial charge in [0.25, 0.3) is 5.56 Å². The Morgan fingerprint density at radius 2 is 1.73 bits per heavy atom. The third-order valence-electron chi connectivity index (χ3n) is 7.63. The molecule has 11 nitrogen and oxygen atoms in total. The van der Waals surface area contributed by atoms with Crippen LogP contribution in [-0.2, 0) is 11.2 Å². The average molecular weight is 547 g/mol. The van der Waals surface area contributed by atoms with E-state index in [0.717, 1.165) is 11.4 Å². The minimum atomic E-state index is -1.20. The van der Waals surface area contributed by atoms with Gasteiger partial charge in [-0.1, -0.05) is 41.6 Å². The van der Waals surface area contributed by atoms with Gasteiger partial charge < -0.3 is 19.8 Å². The van der Waals surface area contributed by atoms with E-state index in [4.69, 9.17) is 4.74 Å². The van der Waals surface area contributed by atoms with E-state index >= 15 is 0 Å². The highest BCUT2D eigenvalue weighted by atomic mass is 16.5. The monoisotopic (exact) mass is 546 g/mol. The number of aliphatic hydroxyl groups is 2. The maximum absolute atomic E-state index is 12.4. The molecule has 0 unspecified atom stereocenters. The van der Waals surface area contributed by atoms with Crippen molar-refractivity contribution in [3.63, 3.8) is 0 Å². The SMILES string of the molecule is Cc1cn([C@H]2C[C@H](n3cc(C[C@@](C)(O)[C@H](C)N(c4ccccc4)c4ccccc4)nn3)[C@@H](CO)O2)c(=O)[nH]c1=O. The average Bonchev–Trinajstić information content (AvgIpc) is 3.58. The quantitative estimate of drug-likeness (QED) is 0.291. The van der Waals surface area contributed by atoms with Gasteiger partial charge in [-0.3, -0.25) is 14.3 Å². The van der Waals surface area contributed by atoms with E-state index < -0.39 is 35.2 Å². The van der Waals surface area contributed by atoms with Crippen LogP contribution in [0.25, 0.3) is 0 Å². The Labute approximate surface area is 231 Å². The highest BCUT2D eigenvalue weighted by Crippen LogP contribution is 2.36. The van der Waals surface area contributed by atoms with Gasteiger partial charge in [0.15, 0.2) is 0 Å². The summed E-state index contributed by atoms with van der Waals surface area (Å²) in [5.74, 6) is 0. The van der Waals surface area contributed by atoms with Crippen molar-refractivity contribution in [2.24, 2.45) is 0 Å². The summed E-state index contributed by atoms with van der Waals surface area (Å²) >= 11 is 0. The van der Waals surface area contributed by atoms with E-state index in [9.17, 15) is 19.8 Å². The number of H-pyrrole nitrogens is 1. The lowest BCUT2D eigenvalue weighted by Crippen LogP contribution is -2.49. The zero-order valence-corrected chi connectivity index (χ0v) is 22.7. The second-order valence-electron chi connectivity index (χ2n) is 10.5. The van der Waals surface area contributed by atoms with Crippen LogP contribution < -0.4 is 16.1 Å². The van der Waals surface area contributed by atoms with Crippen molar-refractivity contribution >= 4 is 11.4 Å². The highest BCUT2D eigenvalue weighted by molar-refractivity contribution is 5.64. The van der Waals surface area contributed by atoms with E-state index in [2.05, 4.69) is 20.2 Å². The zero-order valence-electron chi connectivity index (χ0n) is 22.7. The van der Waals surface area contributed by atoms with Gasteiger partial charge in [-0.15, -0.1) is 5.10 Å². The van der Waals surface area contributed by atoms with Crippen LogP contribution in [0.1, 0.15) is 43.8 Å². The molecular weight excluding hydrogens is 512 g/mol. The number of rotatable bonds is 9. The molecule has 0 radical (unpaired) electrons. The van der Waals surface area contributed by atoms with Crippen LogP contribution in [0.5, 0.6) is 0 Å². The number of hydrogen-bond acceptors (Lipinski definition) is 8. The molecule has 1 saturated heterocycles. The molecule has 0 saturated carbocycles. The van der Waals surface area contributed by atoms with Crippen molar-refractivity contribution in [1.82, 2.24) is 24.5 Å². The lowest BCUT2D eigenvalue weighted by Gasteiger charge is -2.40. The van der Waals surface area contributed by atoms with Crippen molar-refractivity contribution in [3.8, 4) is 0 Å². The van der Waals surface area contributed by atoms with Crippen LogP contribution >= 0.6 is 0 Å². The van der Waals surface area contributed by atoms with E-state index in [1.54, 1.807) is 24.7 Å². The molecule has 0 amide bonds. The summed E-state index contributed by atoms with van der Waals surface area (Å²) in [4.78, 5) is 28.6. The molecule has 210 valence electrons. The van der Waals surface area contributed by atoms with Crippen molar-refractivity contribution < 1.29 is 14.9 Å². The molecule has 2 aromatic carbocycles. The number of para-hydroxylation sites is 2. The number of aromatic amines is 1. The summed E-state index contributed by atoms with van der Waals surface area (Å²) in [6, 6.07) is 19.1. The molecule has 0 spiro atoms. The Hall–Kier alpha value is -4.06. The summed E-state index contributed by atoms with van der Waals surface area (Å²) in [5, 5.41) is 30.3. The van der Waals surface area contributed by atoms with Crippen LogP contribution in [0, 0.1) is 6.92 Å². The van der Waals surface area contributed by atoms with E-state index in [0.29, 0.717) is 17.7 Å². The number of hydrogen-bond donors (Lipinski definition) is 3. The summed E-state index contributed by atoms with van der Waals surface area (Å²) in [6.45, 7) is 5.08. The Kier molecular flexibility index (Phi) is 7.70. The van der Waals surface area contributed by atoms with Crippen LogP contribution in [-0.4, -0.2) is 59.1 Å². The first-order chi connectivity index (χ1) is 19.2. The predicted octanol–water partition coefficient (Wildman–Crippen LogP) is 2.48. The smallest absolute Gasteiger partial charge is 0.330 e. The van der Waals surface area contributed by atoms with Gasteiger partial charge in [0.2, 0.25) is 0 Å². The standard InChI is InChI=1S/C29H34N6O5/c1-19-16-33(28(38)30-27(19)37)26-14-24(25(18-36)40-26)34-17-21(31-32-34)15-29(3,39)20(2)35(22-10-6-4-7-11-22)23-12-8-5-9-13-23/h4-13,16-17,20,24-26,36,39H,14-15,18H2,1-3H3,(H,30,37,38)/t20-,24-,25+,26+,29+/m0/s1. The number of nitrogens with one attached hydrogen (secondary N) is 1. The minimum absolute atomic E-state index is 0.226. The summed E-state index contributed by atoms with van der Waals surface area (Å²) < 4.78 is 8.91. The Morgan fingerprint density at radius 3 is 2.33 bits per heavy atom. The van der Waals surface area contributed by atoms with Gasteiger partial charge in [0.1, 0.15) is 12.3 Å². The third-order valence-corrected chi connectivity index (χ3v) is 7.63. The van der Waals surface area contributed by atoms with Gasteiger partial charge in [-0.05, 0) is 45.0 Å². The first kappa shape index (κ1) is 27.5. The molecule has 11 heteroatoms. The largest absolute Gasteiger partial charge is 0.394 e. The molecule has 5 atom stereocenters. The van der Waals surface area contributed by atoms with Crippen molar-refractivity contribution in [2.45, 2.75) is 63.6 Å². The number of aryl methyl sites for hydroxylation is 1. The van der Waals surface area contributed by atoms with Gasteiger partial charge in [-0.25, -0.2) is 9.48 Å². The summed E-state index contributed by atoms with van der Waals surface area (Å²) in [6.07, 6.45) is 2.44. The highest BCUT2D eigenvalue weighted by Gasteiger charge is 2.39. The number of anilines is 2. The molecule has 3 N–H and O–H groups in total. The molecule has 1 aliphatic heterocycles. The third kappa shape index (κ3) is 5.48. The zero-order chi connectivity index (χ0) is 28.4. The number of aliphatic hydroxyl groups excluding tert-OH is 1. The number of ether oxygens (including phenoxy) is 1. The molecule has 1 fully saturated rings. The molecule has 0 aliphatic carbocycles. The lowest BCUT2D eigenvalue weighted by atomic mass is 9.90. The minimum Gasteiger partial charge on any atom is -0.394 e. The fourth-order valence-corrected chi connectivity index (χ4v) is 5.25. The fourth-order valence-electron chi connectivity index (χ4n) is 5.25. The lowest BCUT2D eigenvalue weighted by molar-refractivity contribution is -0.0323. The predicted molar refractivity (Wildman–Crippen MR) is 150 cm³/mol. The normalized spacial score (nSPS) is 21.2. The Bertz CT molecular complexity index is 1510. The number of nitrogens with zero attached hydrogens (tertiary/aromatic N) is 5. The fraction of sp³-hybridized carbons (Fsp3) is 0.379. The van der Waals surface area contributed by atoms with Crippen molar-refractivity contribution in [3.05, 3.63) is 105 Å². The molecule has 1 aliphatic rings. The number of benzene rings is 2. The van der Waals surface area contributed by atoms with Gasteiger partial charge >= 0.3 is 5.69 Å². The van der Waals surface area contributed by atoms with Gasteiger partial charge in [0, 0.05) is 42.2 Å². The topological polar surface area (TPSA) is 138 Å². The maximum atomic E-state index is 12.4. The van der Waals surface area contributed by atoms with Crippen molar-refractivity contribution in [2.75, 3.05) is 11.5 Å². The first-order valence-electron chi connectivity index (χ1n) is 13.3. The Morgan fingerprint density at radius 1 is 1.10 bits per heavy atom. The maximum Gasteiger partial charge on any atom is 0.330 e. The van der Waals surface area contributed by atoms with E-state index in [-0.39, 0.29) is 19.1 Å². The molecule has 5 rings (SSSR count). The van der Waals surface area contributed by atoms with Crippen molar-refractivity contribution in [1.29, 1.82) is 0 Å². The molecule has 4 aromatic rings. The van der Waals surface area contributed by atoms with Crippen LogP contribution in [0.4, 0.5) is 11.4 Å². The second-order valence-corrected chi connectivity index (χ2v) is 10.5. The van der Waals surface area contributed by atoms with Crippen LogP contribution in [0.15, 0.2) is 82.6 Å². The molecule has 2 aromatic heterocycles. The van der Waals surface area contributed by atoms with E-state index in [1.165, 1.54) is 10.8 Å². The van der Waals surface area contributed by atoms with E-state index in [1.807, 2.05) is 67.6 Å². The summed E-state index contributed by atoms with van der Waals surface area (Å²) in [7, 11) is 0. The molecular formula is C29H34N6O5. The van der Waals surface area contributed by atoms with Crippen LogP contribution in [0.3, 0.4) is 0 Å². The van der Waals surface area contributed by atoms with Gasteiger partial charge in [-0.2, -0.15) is 0 Å². The molecule has 0 bridgehead atoms. The first-order valence-corrected chi connectivity index (χ1v) is 13.3. The summed E-state index contributed by atoms with van der Waals surface area (Å²) in [5.41, 5.74) is 0.647. The molecule has 3 heterocycles.